The largest absolute Gasteiger partial charge is 0.379 e. The fourth-order valence-corrected chi connectivity index (χ4v) is 6.05. The number of hydrogen-bond donors (Lipinski definition) is 4. The first-order valence-electron chi connectivity index (χ1n) is 12.2. The van der Waals surface area contributed by atoms with Crippen molar-refractivity contribution in [2.24, 2.45) is 0 Å². The molecule has 2 fully saturated rings. The Kier molecular flexibility index (Phi) is 5.53. The number of nitrogens with one attached hydrogen (secondary N) is 4. The summed E-state index contributed by atoms with van der Waals surface area (Å²) in [6.07, 6.45) is 5.30. The van der Waals surface area contributed by atoms with Gasteiger partial charge in [0.15, 0.2) is 9.84 Å². The van der Waals surface area contributed by atoms with Gasteiger partial charge < -0.3 is 16.1 Å². The number of hydrazine groups is 2. The molecule has 1 saturated heterocycles. The van der Waals surface area contributed by atoms with Crippen LogP contribution in [0.4, 0.5) is 15.8 Å². The molecule has 1 unspecified atom stereocenters. The van der Waals surface area contributed by atoms with Crippen LogP contribution < -0.4 is 21.6 Å². The van der Waals surface area contributed by atoms with E-state index in [0.29, 0.717) is 39.6 Å². The van der Waals surface area contributed by atoms with E-state index in [-0.39, 0.29) is 28.1 Å². The summed E-state index contributed by atoms with van der Waals surface area (Å²) in [4.78, 5) is 4.34. The summed E-state index contributed by atoms with van der Waals surface area (Å²) < 4.78 is 46.7. The van der Waals surface area contributed by atoms with Gasteiger partial charge in [-0.25, -0.2) is 12.8 Å². The summed E-state index contributed by atoms with van der Waals surface area (Å²) in [5.41, 5.74) is 8.68. The Morgan fingerprint density at radius 3 is 2.70 bits per heavy atom. The standard InChI is InChI=1S/C25H23ClFN7O2S/c26-21-8-17(7-20-23(15(9-28)10-29-25(20)21)31-18-12-37(35,36)13-18)30-24(14-1-3-16(27)4-2-14)22-11-34(33-32-22)19-5-6-19/h1-4,7-8,10-11,18-19,24,30,32-33H,5-6,12-13H2,(H,29,31)/i24D. The van der Waals surface area contributed by atoms with Crippen LogP contribution in [-0.4, -0.2) is 42.0 Å². The monoisotopic (exact) mass is 540 g/mol. The molecule has 37 heavy (non-hydrogen) atoms. The minimum absolute atomic E-state index is 0.0297. The Balaban J connectivity index is 1.43. The fraction of sp³-hybridized carbons (Fsp3) is 0.280. The van der Waals surface area contributed by atoms with Gasteiger partial charge in [0.25, 0.3) is 0 Å². The second kappa shape index (κ2) is 9.06. The van der Waals surface area contributed by atoms with Crippen molar-refractivity contribution < 1.29 is 14.2 Å². The van der Waals surface area contributed by atoms with Crippen molar-refractivity contribution in [1.29, 1.82) is 5.26 Å². The average Bonchev–Trinajstić information content (AvgIpc) is 3.59. The number of pyridine rings is 1. The van der Waals surface area contributed by atoms with E-state index < -0.39 is 21.7 Å². The van der Waals surface area contributed by atoms with E-state index in [4.69, 9.17) is 11.6 Å². The van der Waals surface area contributed by atoms with Gasteiger partial charge in [-0.1, -0.05) is 23.7 Å². The summed E-state index contributed by atoms with van der Waals surface area (Å²) in [6.45, 7) is 0. The third kappa shape index (κ3) is 4.75. The quantitative estimate of drug-likeness (QED) is 0.356. The zero-order chi connectivity index (χ0) is 26.7. The molecule has 1 aliphatic carbocycles. The smallest absolute Gasteiger partial charge is 0.154 e. The molecule has 2 aliphatic heterocycles. The minimum Gasteiger partial charge on any atom is -0.379 e. The highest BCUT2D eigenvalue weighted by Crippen LogP contribution is 2.37. The first-order chi connectivity index (χ1) is 18.1. The molecule has 12 heteroatoms. The number of aromatic nitrogens is 1. The maximum atomic E-state index is 13.8. The number of sulfone groups is 1. The van der Waals surface area contributed by atoms with Crippen molar-refractivity contribution in [2.45, 2.75) is 30.9 Å². The number of nitriles is 1. The van der Waals surface area contributed by atoms with Gasteiger partial charge in [-0.2, -0.15) is 5.26 Å². The molecule has 9 nitrogen and oxygen atoms in total. The molecule has 3 heterocycles. The number of halogens is 2. The number of anilines is 2. The SMILES string of the molecule is [2H]C(Nc1cc(Cl)c2ncc(C#N)c(NC3CS(=O)(=O)C3)c2c1)(C1=CN(C2CC2)NN1)c1ccc(F)cc1. The maximum Gasteiger partial charge on any atom is 0.154 e. The van der Waals surface area contributed by atoms with Crippen LogP contribution >= 0.6 is 11.6 Å². The van der Waals surface area contributed by atoms with Crippen LogP contribution in [0, 0.1) is 17.1 Å². The van der Waals surface area contributed by atoms with Gasteiger partial charge in [0.2, 0.25) is 0 Å². The number of rotatable bonds is 7. The number of hydrogen-bond acceptors (Lipinski definition) is 9. The van der Waals surface area contributed by atoms with Crippen LogP contribution in [-0.2, 0) is 9.84 Å². The van der Waals surface area contributed by atoms with Crippen molar-refractivity contribution in [3.05, 3.63) is 76.5 Å². The molecule has 1 saturated carbocycles. The first-order valence-corrected chi connectivity index (χ1v) is 13.9. The molecule has 3 aromatic rings. The lowest BCUT2D eigenvalue weighted by molar-refractivity contribution is 0.260. The summed E-state index contributed by atoms with van der Waals surface area (Å²) in [7, 11) is -3.09. The molecule has 0 radical (unpaired) electrons. The van der Waals surface area contributed by atoms with Gasteiger partial charge in [-0.15, -0.1) is 5.53 Å². The second-order valence-electron chi connectivity index (χ2n) is 9.36. The Morgan fingerprint density at radius 2 is 2.03 bits per heavy atom. The van der Waals surface area contributed by atoms with Gasteiger partial charge in [-0.05, 0) is 42.7 Å². The van der Waals surface area contributed by atoms with Gasteiger partial charge in [0.05, 0.1) is 52.4 Å². The summed E-state index contributed by atoms with van der Waals surface area (Å²) in [5.74, 6) is -0.476. The Labute approximate surface area is 219 Å². The lowest BCUT2D eigenvalue weighted by Gasteiger charge is -2.28. The van der Waals surface area contributed by atoms with Crippen molar-refractivity contribution in [2.75, 3.05) is 22.1 Å². The predicted molar refractivity (Wildman–Crippen MR) is 140 cm³/mol. The number of benzene rings is 2. The van der Waals surface area contributed by atoms with Gasteiger partial charge in [0, 0.05) is 29.5 Å². The third-order valence-electron chi connectivity index (χ3n) is 6.50. The normalized spacial score (nSPS) is 20.7. The molecule has 1 atom stereocenters. The zero-order valence-corrected chi connectivity index (χ0v) is 21.0. The van der Waals surface area contributed by atoms with Crippen molar-refractivity contribution in [3.63, 3.8) is 0 Å². The summed E-state index contributed by atoms with van der Waals surface area (Å²) >= 11 is 6.62. The van der Waals surface area contributed by atoms with E-state index >= 15 is 0 Å². The Morgan fingerprint density at radius 1 is 1.27 bits per heavy atom. The zero-order valence-electron chi connectivity index (χ0n) is 20.4. The first kappa shape index (κ1) is 22.6. The molecule has 4 N–H and O–H groups in total. The lowest BCUT2D eigenvalue weighted by atomic mass is 10.0. The van der Waals surface area contributed by atoms with Gasteiger partial charge >= 0.3 is 0 Å². The van der Waals surface area contributed by atoms with Crippen LogP contribution in [0.15, 0.2) is 54.5 Å². The second-order valence-corrected chi connectivity index (χ2v) is 11.9. The predicted octanol–water partition coefficient (Wildman–Crippen LogP) is 3.59. The van der Waals surface area contributed by atoms with E-state index in [0.717, 1.165) is 12.8 Å². The molecular weight excluding hydrogens is 517 g/mol. The van der Waals surface area contributed by atoms with E-state index in [2.05, 4.69) is 32.6 Å². The lowest BCUT2D eigenvalue weighted by Crippen LogP contribution is -2.46. The molecule has 0 amide bonds. The Hall–Kier alpha value is -3.59. The van der Waals surface area contributed by atoms with E-state index in [1.165, 1.54) is 18.3 Å². The maximum absolute atomic E-state index is 13.8. The van der Waals surface area contributed by atoms with Crippen LogP contribution in [0.25, 0.3) is 10.9 Å². The van der Waals surface area contributed by atoms with E-state index in [9.17, 15) is 19.4 Å². The molecular formula is C25H23ClFN7O2S. The Bertz CT molecular complexity index is 1610. The fourth-order valence-electron chi connectivity index (χ4n) is 4.48. The highest BCUT2D eigenvalue weighted by atomic mass is 35.5. The van der Waals surface area contributed by atoms with Gasteiger partial charge in [-0.3, -0.25) is 9.99 Å². The molecule has 2 aromatic carbocycles. The van der Waals surface area contributed by atoms with Crippen molar-refractivity contribution >= 4 is 43.7 Å². The van der Waals surface area contributed by atoms with Crippen LogP contribution in [0.5, 0.6) is 0 Å². The van der Waals surface area contributed by atoms with Crippen LogP contribution in [0.2, 0.25) is 5.02 Å². The highest BCUT2D eigenvalue weighted by Gasteiger charge is 2.34. The van der Waals surface area contributed by atoms with Gasteiger partial charge in [0.1, 0.15) is 11.9 Å². The third-order valence-corrected chi connectivity index (χ3v) is 8.61. The molecule has 0 bridgehead atoms. The minimum atomic E-state index is -3.09. The van der Waals surface area contributed by atoms with Crippen LogP contribution in [0.1, 0.15) is 31.4 Å². The molecule has 190 valence electrons. The average molecular weight is 541 g/mol. The molecule has 6 rings (SSSR count). The molecule has 0 spiro atoms. The van der Waals surface area contributed by atoms with Crippen LogP contribution in [0.3, 0.4) is 0 Å². The summed E-state index contributed by atoms with van der Waals surface area (Å²) in [6, 6.07) is 9.57. The topological polar surface area (TPSA) is 122 Å². The molecule has 3 aliphatic rings. The summed E-state index contributed by atoms with van der Waals surface area (Å²) in [5, 5.41) is 18.8. The number of nitrogens with zero attached hydrogens (tertiary/aromatic N) is 3. The number of fused-ring (bicyclic) bond motifs is 1. The van der Waals surface area contributed by atoms with E-state index in [1.807, 2.05) is 11.2 Å². The highest BCUT2D eigenvalue weighted by molar-refractivity contribution is 7.92. The van der Waals surface area contributed by atoms with Crippen molar-refractivity contribution in [3.8, 4) is 6.07 Å². The van der Waals surface area contributed by atoms with E-state index in [1.54, 1.807) is 24.3 Å². The van der Waals surface area contributed by atoms with Crippen molar-refractivity contribution in [1.82, 2.24) is 21.0 Å². The molecule has 1 aromatic heterocycles.